The smallest absolute Gasteiger partial charge is 0.251 e. The number of carbonyl (C=O) groups is 2. The predicted molar refractivity (Wildman–Crippen MR) is 92.9 cm³/mol. The molecule has 0 aliphatic carbocycles. The lowest BCUT2D eigenvalue weighted by molar-refractivity contribution is 0.0965. The normalized spacial score (nSPS) is 12.6. The second-order valence-corrected chi connectivity index (χ2v) is 5.90. The minimum atomic E-state index is -0.526. The Labute approximate surface area is 144 Å². The van der Waals surface area contributed by atoms with Crippen LogP contribution in [0.25, 0.3) is 11.1 Å². The first-order chi connectivity index (χ1) is 12.1. The molecule has 3 aromatic carbocycles. The minimum Gasteiger partial charge on any atom is -0.348 e. The molecule has 1 aliphatic heterocycles. The Balaban J connectivity index is 1.69. The fourth-order valence-corrected chi connectivity index (χ4v) is 3.13. The van der Waals surface area contributed by atoms with Crippen molar-refractivity contribution in [2.45, 2.75) is 6.54 Å². The maximum atomic E-state index is 13.8. The van der Waals surface area contributed by atoms with Gasteiger partial charge in [0.2, 0.25) is 0 Å². The first kappa shape index (κ1) is 15.3. The number of halogens is 1. The van der Waals surface area contributed by atoms with Crippen molar-refractivity contribution < 1.29 is 14.0 Å². The Morgan fingerprint density at radius 1 is 0.880 bits per heavy atom. The van der Waals surface area contributed by atoms with Crippen molar-refractivity contribution in [3.8, 4) is 11.1 Å². The van der Waals surface area contributed by atoms with Gasteiger partial charge in [0.05, 0.1) is 5.56 Å². The van der Waals surface area contributed by atoms with Crippen molar-refractivity contribution in [3.63, 3.8) is 0 Å². The lowest BCUT2D eigenvalue weighted by Gasteiger charge is -2.08. The van der Waals surface area contributed by atoms with Crippen LogP contribution in [0.15, 0.2) is 66.7 Å². The summed E-state index contributed by atoms with van der Waals surface area (Å²) >= 11 is 0. The zero-order valence-corrected chi connectivity index (χ0v) is 13.3. The Hall–Kier alpha value is -3.27. The van der Waals surface area contributed by atoms with Crippen LogP contribution < -0.4 is 5.32 Å². The lowest BCUT2D eigenvalue weighted by Crippen LogP contribution is -2.12. The molecule has 0 fully saturated rings. The summed E-state index contributed by atoms with van der Waals surface area (Å²) in [6.45, 7) is 0.500. The van der Waals surface area contributed by atoms with E-state index in [1.807, 2.05) is 24.3 Å². The van der Waals surface area contributed by atoms with Gasteiger partial charge in [0, 0.05) is 17.7 Å². The van der Waals surface area contributed by atoms with Gasteiger partial charge in [0.15, 0.2) is 5.78 Å². The number of carbonyl (C=O) groups excluding carboxylic acids is 2. The van der Waals surface area contributed by atoms with Gasteiger partial charge < -0.3 is 5.32 Å². The SMILES string of the molecule is O=C(c1ccc(-c2cccc3c2CNC3=O)cc1)c1ccccc1F. The maximum Gasteiger partial charge on any atom is 0.251 e. The van der Waals surface area contributed by atoms with Gasteiger partial charge in [0.1, 0.15) is 5.82 Å². The molecule has 0 unspecified atom stereocenters. The van der Waals surface area contributed by atoms with Crippen molar-refractivity contribution >= 4 is 11.7 Å². The molecule has 0 atom stereocenters. The van der Waals surface area contributed by atoms with Crippen LogP contribution in [-0.2, 0) is 6.54 Å². The van der Waals surface area contributed by atoms with Gasteiger partial charge in [-0.25, -0.2) is 4.39 Å². The molecule has 1 aliphatic rings. The molecule has 0 spiro atoms. The van der Waals surface area contributed by atoms with E-state index in [0.717, 1.165) is 16.7 Å². The highest BCUT2D eigenvalue weighted by molar-refractivity contribution is 6.09. The summed E-state index contributed by atoms with van der Waals surface area (Å²) in [7, 11) is 0. The summed E-state index contributed by atoms with van der Waals surface area (Å²) in [4.78, 5) is 24.2. The number of nitrogens with one attached hydrogen (secondary N) is 1. The number of fused-ring (bicyclic) bond motifs is 1. The highest BCUT2D eigenvalue weighted by atomic mass is 19.1. The molecule has 1 amide bonds. The molecule has 0 bridgehead atoms. The molecule has 0 saturated carbocycles. The molecular weight excluding hydrogens is 317 g/mol. The third kappa shape index (κ3) is 2.62. The fraction of sp³-hybridized carbons (Fsp3) is 0.0476. The van der Waals surface area contributed by atoms with E-state index in [2.05, 4.69) is 5.32 Å². The molecule has 3 aromatic rings. The summed E-state index contributed by atoms with van der Waals surface area (Å²) in [6.07, 6.45) is 0. The molecule has 0 radical (unpaired) electrons. The molecule has 0 saturated heterocycles. The van der Waals surface area contributed by atoms with Crippen LogP contribution in [0.1, 0.15) is 31.8 Å². The molecule has 3 nitrogen and oxygen atoms in total. The van der Waals surface area contributed by atoms with Gasteiger partial charge >= 0.3 is 0 Å². The first-order valence-corrected chi connectivity index (χ1v) is 7.95. The topological polar surface area (TPSA) is 46.2 Å². The van der Waals surface area contributed by atoms with E-state index in [-0.39, 0.29) is 17.3 Å². The number of amides is 1. The highest BCUT2D eigenvalue weighted by Gasteiger charge is 2.22. The highest BCUT2D eigenvalue weighted by Crippen LogP contribution is 2.29. The minimum absolute atomic E-state index is 0.0608. The van der Waals surface area contributed by atoms with Crippen LogP contribution in [0.5, 0.6) is 0 Å². The quantitative estimate of drug-likeness (QED) is 0.738. The van der Waals surface area contributed by atoms with Gasteiger partial charge in [-0.15, -0.1) is 0 Å². The summed E-state index contributed by atoms with van der Waals surface area (Å²) < 4.78 is 13.8. The van der Waals surface area contributed by atoms with E-state index in [9.17, 15) is 14.0 Å². The summed E-state index contributed by atoms with van der Waals surface area (Å²) in [5.74, 6) is -0.940. The Morgan fingerprint density at radius 2 is 1.60 bits per heavy atom. The van der Waals surface area contributed by atoms with Crippen molar-refractivity contribution in [3.05, 3.63) is 94.8 Å². The molecule has 4 rings (SSSR count). The molecular formula is C21H14FNO2. The number of ketones is 1. The average Bonchev–Trinajstić information content (AvgIpc) is 3.03. The first-order valence-electron chi connectivity index (χ1n) is 7.95. The zero-order chi connectivity index (χ0) is 17.4. The molecule has 0 aromatic heterocycles. The second-order valence-electron chi connectivity index (χ2n) is 5.90. The fourth-order valence-electron chi connectivity index (χ4n) is 3.13. The second kappa shape index (κ2) is 5.98. The van der Waals surface area contributed by atoms with E-state index in [1.54, 1.807) is 30.3 Å². The van der Waals surface area contributed by atoms with Crippen LogP contribution in [0.3, 0.4) is 0 Å². The van der Waals surface area contributed by atoms with Crippen molar-refractivity contribution in [1.82, 2.24) is 5.32 Å². The van der Waals surface area contributed by atoms with Crippen molar-refractivity contribution in [2.24, 2.45) is 0 Å². The number of rotatable bonds is 3. The molecule has 4 heteroatoms. The van der Waals surface area contributed by atoms with Crippen LogP contribution in [-0.4, -0.2) is 11.7 Å². The van der Waals surface area contributed by atoms with Crippen LogP contribution in [0.2, 0.25) is 0 Å². The van der Waals surface area contributed by atoms with Gasteiger partial charge in [0.25, 0.3) is 5.91 Å². The summed E-state index contributed by atoms with van der Waals surface area (Å²) in [6, 6.07) is 18.6. The number of benzene rings is 3. The number of hydrogen-bond donors (Lipinski definition) is 1. The Kier molecular flexibility index (Phi) is 3.65. The summed E-state index contributed by atoms with van der Waals surface area (Å²) in [5, 5.41) is 2.82. The zero-order valence-electron chi connectivity index (χ0n) is 13.3. The maximum absolute atomic E-state index is 13.8. The third-order valence-corrected chi connectivity index (χ3v) is 4.42. The Morgan fingerprint density at radius 3 is 2.36 bits per heavy atom. The molecule has 25 heavy (non-hydrogen) atoms. The van der Waals surface area contributed by atoms with Crippen molar-refractivity contribution in [2.75, 3.05) is 0 Å². The molecule has 122 valence electrons. The van der Waals surface area contributed by atoms with E-state index in [0.29, 0.717) is 17.7 Å². The van der Waals surface area contributed by atoms with E-state index < -0.39 is 5.82 Å². The van der Waals surface area contributed by atoms with Gasteiger partial charge in [-0.1, -0.05) is 48.5 Å². The average molecular weight is 331 g/mol. The largest absolute Gasteiger partial charge is 0.348 e. The van der Waals surface area contributed by atoms with Gasteiger partial charge in [-0.3, -0.25) is 9.59 Å². The van der Waals surface area contributed by atoms with Crippen molar-refractivity contribution in [1.29, 1.82) is 0 Å². The molecule has 1 heterocycles. The monoisotopic (exact) mass is 331 g/mol. The lowest BCUT2D eigenvalue weighted by atomic mass is 9.95. The summed E-state index contributed by atoms with van der Waals surface area (Å²) in [5.41, 5.74) is 4.00. The van der Waals surface area contributed by atoms with E-state index in [1.165, 1.54) is 12.1 Å². The third-order valence-electron chi connectivity index (χ3n) is 4.42. The standard InChI is InChI=1S/C21H14FNO2/c22-19-7-2-1-4-17(19)20(24)14-10-8-13(9-11-14)15-5-3-6-16-18(15)12-23-21(16)25/h1-11H,12H2,(H,23,25). The van der Waals surface area contributed by atoms with Gasteiger partial charge in [-0.2, -0.15) is 0 Å². The van der Waals surface area contributed by atoms with Gasteiger partial charge in [-0.05, 0) is 34.9 Å². The van der Waals surface area contributed by atoms with E-state index >= 15 is 0 Å². The van der Waals surface area contributed by atoms with Crippen LogP contribution in [0.4, 0.5) is 4.39 Å². The van der Waals surface area contributed by atoms with E-state index in [4.69, 9.17) is 0 Å². The Bertz CT molecular complexity index is 993. The predicted octanol–water partition coefficient (Wildman–Crippen LogP) is 3.97. The van der Waals surface area contributed by atoms with Crippen LogP contribution in [0, 0.1) is 5.82 Å². The van der Waals surface area contributed by atoms with Crippen LogP contribution >= 0.6 is 0 Å². The molecule has 1 N–H and O–H groups in total. The number of hydrogen-bond acceptors (Lipinski definition) is 2.